The molecule has 6 nitrogen and oxygen atoms in total. The van der Waals surface area contributed by atoms with Crippen molar-refractivity contribution in [2.24, 2.45) is 13.0 Å². The van der Waals surface area contributed by atoms with Gasteiger partial charge in [-0.15, -0.1) is 0 Å². The SMILES string of the molecule is CCc1cc(C(=O)NC(C(=O)O)C2CCCCC2)n(C)n1. The van der Waals surface area contributed by atoms with E-state index in [2.05, 4.69) is 10.4 Å². The summed E-state index contributed by atoms with van der Waals surface area (Å²) in [7, 11) is 1.70. The number of carbonyl (C=O) groups is 2. The topological polar surface area (TPSA) is 84.2 Å². The van der Waals surface area contributed by atoms with E-state index in [0.717, 1.165) is 44.2 Å². The molecule has 2 rings (SSSR count). The summed E-state index contributed by atoms with van der Waals surface area (Å²) in [6.45, 7) is 1.96. The molecule has 1 aliphatic carbocycles. The van der Waals surface area contributed by atoms with Crippen LogP contribution in [0.4, 0.5) is 0 Å². The average molecular weight is 293 g/mol. The van der Waals surface area contributed by atoms with Crippen LogP contribution in [0.1, 0.15) is 55.2 Å². The molecule has 1 aromatic heterocycles. The molecule has 1 unspecified atom stereocenters. The van der Waals surface area contributed by atoms with Crippen molar-refractivity contribution in [3.05, 3.63) is 17.5 Å². The molecule has 0 radical (unpaired) electrons. The Labute approximate surface area is 124 Å². The van der Waals surface area contributed by atoms with E-state index in [-0.39, 0.29) is 11.8 Å². The number of nitrogens with zero attached hydrogens (tertiary/aromatic N) is 2. The van der Waals surface area contributed by atoms with E-state index >= 15 is 0 Å². The Bertz CT molecular complexity index is 518. The predicted molar refractivity (Wildman–Crippen MR) is 78.1 cm³/mol. The maximum atomic E-state index is 12.3. The number of aliphatic carboxylic acids is 1. The molecule has 2 N–H and O–H groups in total. The smallest absolute Gasteiger partial charge is 0.326 e. The summed E-state index contributed by atoms with van der Waals surface area (Å²) >= 11 is 0. The zero-order chi connectivity index (χ0) is 15.4. The highest BCUT2D eigenvalue weighted by Crippen LogP contribution is 2.26. The minimum Gasteiger partial charge on any atom is -0.480 e. The van der Waals surface area contributed by atoms with Crippen LogP contribution in [0.25, 0.3) is 0 Å². The third-order valence-electron chi connectivity index (χ3n) is 4.20. The van der Waals surface area contributed by atoms with Gasteiger partial charge < -0.3 is 10.4 Å². The van der Waals surface area contributed by atoms with Crippen molar-refractivity contribution in [2.45, 2.75) is 51.5 Å². The Hall–Kier alpha value is -1.85. The molecular weight excluding hydrogens is 270 g/mol. The van der Waals surface area contributed by atoms with Crippen LogP contribution in [0.2, 0.25) is 0 Å². The Morgan fingerprint density at radius 3 is 2.62 bits per heavy atom. The molecule has 1 atom stereocenters. The largest absolute Gasteiger partial charge is 0.480 e. The molecule has 1 amide bonds. The molecule has 0 aromatic carbocycles. The van der Waals surface area contributed by atoms with Crippen LogP contribution in [0.5, 0.6) is 0 Å². The van der Waals surface area contributed by atoms with Gasteiger partial charge in [-0.25, -0.2) is 4.79 Å². The van der Waals surface area contributed by atoms with Gasteiger partial charge in [0, 0.05) is 7.05 Å². The first-order chi connectivity index (χ1) is 10.0. The number of nitrogens with one attached hydrogen (secondary N) is 1. The maximum Gasteiger partial charge on any atom is 0.326 e. The molecule has 6 heteroatoms. The Morgan fingerprint density at radius 2 is 2.10 bits per heavy atom. The summed E-state index contributed by atoms with van der Waals surface area (Å²) < 4.78 is 1.51. The van der Waals surface area contributed by atoms with E-state index in [1.54, 1.807) is 13.1 Å². The molecule has 21 heavy (non-hydrogen) atoms. The highest BCUT2D eigenvalue weighted by Gasteiger charge is 2.31. The van der Waals surface area contributed by atoms with E-state index in [4.69, 9.17) is 0 Å². The molecule has 116 valence electrons. The molecule has 0 spiro atoms. The standard InChI is InChI=1S/C15H23N3O3/c1-3-11-9-12(18(2)17-11)14(19)16-13(15(20)21)10-7-5-4-6-8-10/h9-10,13H,3-8H2,1-2H3,(H,16,19)(H,20,21). The molecule has 0 aliphatic heterocycles. The van der Waals surface area contributed by atoms with Crippen molar-refractivity contribution in [3.8, 4) is 0 Å². The van der Waals surface area contributed by atoms with E-state index in [1.165, 1.54) is 4.68 Å². The zero-order valence-corrected chi connectivity index (χ0v) is 12.6. The summed E-state index contributed by atoms with van der Waals surface area (Å²) in [4.78, 5) is 23.8. The number of amides is 1. The second-order valence-electron chi connectivity index (χ2n) is 5.69. The van der Waals surface area contributed by atoms with Crippen LogP contribution in [0, 0.1) is 5.92 Å². The van der Waals surface area contributed by atoms with Gasteiger partial charge in [0.1, 0.15) is 11.7 Å². The van der Waals surface area contributed by atoms with Crippen molar-refractivity contribution < 1.29 is 14.7 Å². The number of rotatable bonds is 5. The van der Waals surface area contributed by atoms with E-state index < -0.39 is 12.0 Å². The fourth-order valence-electron chi connectivity index (χ4n) is 2.98. The van der Waals surface area contributed by atoms with Crippen molar-refractivity contribution in [2.75, 3.05) is 0 Å². The monoisotopic (exact) mass is 293 g/mol. The van der Waals surface area contributed by atoms with Crippen molar-refractivity contribution in [3.63, 3.8) is 0 Å². The van der Waals surface area contributed by atoms with Crippen LogP contribution < -0.4 is 5.32 Å². The van der Waals surface area contributed by atoms with E-state index in [0.29, 0.717) is 5.69 Å². The van der Waals surface area contributed by atoms with Crippen molar-refractivity contribution in [1.29, 1.82) is 0 Å². The van der Waals surface area contributed by atoms with E-state index in [9.17, 15) is 14.7 Å². The molecule has 0 saturated heterocycles. The lowest BCUT2D eigenvalue weighted by atomic mass is 9.84. The lowest BCUT2D eigenvalue weighted by molar-refractivity contribution is -0.141. The highest BCUT2D eigenvalue weighted by atomic mass is 16.4. The summed E-state index contributed by atoms with van der Waals surface area (Å²) in [5.74, 6) is -1.28. The maximum absolute atomic E-state index is 12.3. The number of carbonyl (C=O) groups excluding carboxylic acids is 1. The fraction of sp³-hybridized carbons (Fsp3) is 0.667. The molecule has 1 aromatic rings. The third-order valence-corrected chi connectivity index (χ3v) is 4.20. The van der Waals surface area contributed by atoms with Crippen LogP contribution in [0.3, 0.4) is 0 Å². The van der Waals surface area contributed by atoms with Gasteiger partial charge in [0.05, 0.1) is 5.69 Å². The van der Waals surface area contributed by atoms with Gasteiger partial charge in [0.25, 0.3) is 5.91 Å². The fourth-order valence-corrected chi connectivity index (χ4v) is 2.98. The number of carboxylic acids is 1. The first-order valence-electron chi connectivity index (χ1n) is 7.59. The van der Waals surface area contributed by atoms with Crippen molar-refractivity contribution >= 4 is 11.9 Å². The predicted octanol–water partition coefficient (Wildman–Crippen LogP) is 1.75. The highest BCUT2D eigenvalue weighted by molar-refractivity contribution is 5.95. The van der Waals surface area contributed by atoms with Gasteiger partial charge in [-0.3, -0.25) is 9.48 Å². The number of hydrogen-bond donors (Lipinski definition) is 2. The van der Waals surface area contributed by atoms with Crippen LogP contribution in [-0.4, -0.2) is 32.8 Å². The van der Waals surface area contributed by atoms with Crippen LogP contribution >= 0.6 is 0 Å². The second-order valence-corrected chi connectivity index (χ2v) is 5.69. The summed E-state index contributed by atoms with van der Waals surface area (Å²) in [5, 5.41) is 16.3. The lowest BCUT2D eigenvalue weighted by Gasteiger charge is -2.27. The lowest BCUT2D eigenvalue weighted by Crippen LogP contribution is -2.47. The summed E-state index contributed by atoms with van der Waals surface area (Å²) in [6, 6.07) is 0.910. The van der Waals surface area contributed by atoms with Gasteiger partial charge >= 0.3 is 5.97 Å². The third kappa shape index (κ3) is 3.62. The molecule has 1 saturated carbocycles. The quantitative estimate of drug-likeness (QED) is 0.866. The number of hydrogen-bond acceptors (Lipinski definition) is 3. The van der Waals surface area contributed by atoms with Crippen LogP contribution in [-0.2, 0) is 18.3 Å². The summed E-state index contributed by atoms with van der Waals surface area (Å²) in [6.07, 6.45) is 5.70. The van der Waals surface area contributed by atoms with Crippen molar-refractivity contribution in [1.82, 2.24) is 15.1 Å². The first kappa shape index (κ1) is 15.5. The number of aryl methyl sites for hydroxylation is 2. The molecule has 1 aliphatic rings. The molecule has 1 heterocycles. The van der Waals surface area contributed by atoms with Gasteiger partial charge in [0.15, 0.2) is 0 Å². The number of aromatic nitrogens is 2. The minimum atomic E-state index is -0.951. The van der Waals surface area contributed by atoms with Gasteiger partial charge in [-0.1, -0.05) is 26.2 Å². The Morgan fingerprint density at radius 1 is 1.43 bits per heavy atom. The van der Waals surface area contributed by atoms with Gasteiger partial charge in [-0.2, -0.15) is 5.10 Å². The zero-order valence-electron chi connectivity index (χ0n) is 12.6. The number of carboxylic acid groups (broad SMARTS) is 1. The Kier molecular flexibility index (Phi) is 4.98. The molecule has 1 fully saturated rings. The first-order valence-corrected chi connectivity index (χ1v) is 7.59. The normalized spacial score (nSPS) is 17.4. The average Bonchev–Trinajstić information content (AvgIpc) is 2.86. The van der Waals surface area contributed by atoms with Crippen LogP contribution in [0.15, 0.2) is 6.07 Å². The van der Waals surface area contributed by atoms with Gasteiger partial charge in [-0.05, 0) is 31.2 Å². The summed E-state index contributed by atoms with van der Waals surface area (Å²) in [5.41, 5.74) is 1.24. The van der Waals surface area contributed by atoms with E-state index in [1.807, 2.05) is 6.92 Å². The molecule has 0 bridgehead atoms. The Balaban J connectivity index is 2.10. The second kappa shape index (κ2) is 6.74. The van der Waals surface area contributed by atoms with Gasteiger partial charge in [0.2, 0.25) is 0 Å². The molecular formula is C15H23N3O3. The minimum absolute atomic E-state index is 0.0269.